The molecule has 8 nitrogen and oxygen atoms in total. The molecule has 4 rings (SSSR count). The molecule has 1 aromatic carbocycles. The van der Waals surface area contributed by atoms with E-state index in [1.807, 2.05) is 44.2 Å². The number of anilines is 1. The fourth-order valence-electron chi connectivity index (χ4n) is 4.92. The van der Waals surface area contributed by atoms with Gasteiger partial charge in [0.2, 0.25) is 5.91 Å². The van der Waals surface area contributed by atoms with Gasteiger partial charge in [0.25, 0.3) is 5.91 Å². The predicted molar refractivity (Wildman–Crippen MR) is 148 cm³/mol. The highest BCUT2D eigenvalue weighted by atomic mass is 16.2. The Labute approximate surface area is 226 Å². The zero-order chi connectivity index (χ0) is 27.5. The van der Waals surface area contributed by atoms with Gasteiger partial charge in [-0.05, 0) is 68.7 Å². The van der Waals surface area contributed by atoms with Crippen molar-refractivity contribution in [1.29, 1.82) is 5.26 Å². The molecular formula is C30H40N6O2. The lowest BCUT2D eigenvalue weighted by atomic mass is 9.87. The van der Waals surface area contributed by atoms with Crippen LogP contribution < -0.4 is 15.5 Å². The summed E-state index contributed by atoms with van der Waals surface area (Å²) in [4.78, 5) is 35.7. The van der Waals surface area contributed by atoms with E-state index in [1.165, 1.54) is 4.90 Å². The Morgan fingerprint density at radius 2 is 1.84 bits per heavy atom. The highest BCUT2D eigenvalue weighted by Crippen LogP contribution is 2.33. The van der Waals surface area contributed by atoms with Crippen LogP contribution in [0.15, 0.2) is 48.8 Å². The molecule has 1 saturated heterocycles. The van der Waals surface area contributed by atoms with E-state index in [-0.39, 0.29) is 17.2 Å². The minimum Gasteiger partial charge on any atom is -0.348 e. The average molecular weight is 517 g/mol. The second-order valence-electron chi connectivity index (χ2n) is 12.2. The first-order valence-electron chi connectivity index (χ1n) is 13.6. The van der Waals surface area contributed by atoms with E-state index >= 15 is 0 Å². The second-order valence-corrected chi connectivity index (χ2v) is 12.2. The van der Waals surface area contributed by atoms with Gasteiger partial charge in [-0.25, -0.2) is 0 Å². The largest absolute Gasteiger partial charge is 0.348 e. The molecule has 8 heteroatoms. The Balaban J connectivity index is 1.75. The number of nitrogens with zero attached hydrogens (tertiary/aromatic N) is 4. The van der Waals surface area contributed by atoms with Crippen LogP contribution in [0.4, 0.5) is 5.69 Å². The van der Waals surface area contributed by atoms with Crippen molar-refractivity contribution in [2.45, 2.75) is 89.4 Å². The Hall–Kier alpha value is -3.44. The summed E-state index contributed by atoms with van der Waals surface area (Å²) in [6, 6.07) is 10.4. The van der Waals surface area contributed by atoms with E-state index in [1.54, 1.807) is 23.4 Å². The van der Waals surface area contributed by atoms with Gasteiger partial charge in [0, 0.05) is 48.3 Å². The fraction of sp³-hybridized carbons (Fsp3) is 0.533. The fourth-order valence-corrected chi connectivity index (χ4v) is 4.92. The van der Waals surface area contributed by atoms with Crippen LogP contribution in [0.5, 0.6) is 0 Å². The standard InChI is InChI=1S/C30H40N6O2/c1-29(2,3)22-10-14-24(15-11-22)36(28(38)25-9-7-17-35(25)20-31)26(21-8-6-16-32-18-21)27(37)34-30(4,5)19-33-23-12-13-23/h6,8,10-11,14-16,18,23,25-26,33H,7,9,12-13,17,19H2,1-5H3,(H,34,37). The maximum atomic E-state index is 14.2. The molecule has 202 valence electrons. The molecule has 2 aromatic rings. The topological polar surface area (TPSA) is 101 Å². The molecule has 0 spiro atoms. The number of nitrogens with one attached hydrogen (secondary N) is 2. The Morgan fingerprint density at radius 3 is 2.42 bits per heavy atom. The first-order valence-corrected chi connectivity index (χ1v) is 13.6. The van der Waals surface area contributed by atoms with Gasteiger partial charge in [0.05, 0.1) is 0 Å². The van der Waals surface area contributed by atoms with Crippen LogP contribution in [0.2, 0.25) is 0 Å². The number of rotatable bonds is 9. The zero-order valence-corrected chi connectivity index (χ0v) is 23.2. The summed E-state index contributed by atoms with van der Waals surface area (Å²) in [6.45, 7) is 11.5. The van der Waals surface area contributed by atoms with Gasteiger partial charge in [-0.3, -0.25) is 24.4 Å². The summed E-state index contributed by atoms with van der Waals surface area (Å²) in [5.41, 5.74) is 1.77. The van der Waals surface area contributed by atoms with E-state index in [0.717, 1.165) is 24.8 Å². The minimum atomic E-state index is -0.946. The normalized spacial score (nSPS) is 18.5. The number of carbonyl (C=O) groups is 2. The molecule has 2 N–H and O–H groups in total. The van der Waals surface area contributed by atoms with Crippen molar-refractivity contribution in [3.8, 4) is 6.19 Å². The molecule has 2 amide bonds. The van der Waals surface area contributed by atoms with Crippen LogP contribution in [0.1, 0.15) is 77.5 Å². The van der Waals surface area contributed by atoms with E-state index in [0.29, 0.717) is 36.8 Å². The minimum absolute atomic E-state index is 0.0604. The monoisotopic (exact) mass is 516 g/mol. The van der Waals surface area contributed by atoms with Crippen LogP contribution in [0.25, 0.3) is 0 Å². The molecule has 0 radical (unpaired) electrons. The van der Waals surface area contributed by atoms with Gasteiger partial charge in [-0.1, -0.05) is 39.0 Å². The molecular weight excluding hydrogens is 476 g/mol. The van der Waals surface area contributed by atoms with Crippen molar-refractivity contribution in [1.82, 2.24) is 20.5 Å². The van der Waals surface area contributed by atoms with Gasteiger partial charge in [-0.2, -0.15) is 5.26 Å². The Kier molecular flexibility index (Phi) is 8.08. The van der Waals surface area contributed by atoms with Crippen molar-refractivity contribution in [3.05, 3.63) is 59.9 Å². The number of benzene rings is 1. The van der Waals surface area contributed by atoms with Gasteiger partial charge >= 0.3 is 0 Å². The van der Waals surface area contributed by atoms with Gasteiger partial charge in [-0.15, -0.1) is 0 Å². The lowest BCUT2D eigenvalue weighted by Crippen LogP contribution is -2.56. The molecule has 2 unspecified atom stereocenters. The third-order valence-electron chi connectivity index (χ3n) is 7.29. The first kappa shape index (κ1) is 27.6. The molecule has 0 bridgehead atoms. The van der Waals surface area contributed by atoms with E-state index in [4.69, 9.17) is 0 Å². The van der Waals surface area contributed by atoms with Crippen molar-refractivity contribution < 1.29 is 9.59 Å². The molecule has 2 fully saturated rings. The van der Waals surface area contributed by atoms with Gasteiger partial charge in [0.1, 0.15) is 12.1 Å². The Morgan fingerprint density at radius 1 is 1.13 bits per heavy atom. The Bertz CT molecular complexity index is 1160. The van der Waals surface area contributed by atoms with Crippen LogP contribution in [-0.4, -0.2) is 52.4 Å². The summed E-state index contributed by atoms with van der Waals surface area (Å²) in [5.74, 6) is -0.541. The first-order chi connectivity index (χ1) is 18.0. The summed E-state index contributed by atoms with van der Waals surface area (Å²) < 4.78 is 0. The molecule has 38 heavy (non-hydrogen) atoms. The van der Waals surface area contributed by atoms with Crippen molar-refractivity contribution in [2.24, 2.45) is 0 Å². The summed E-state index contributed by atoms with van der Waals surface area (Å²) in [6.07, 6.45) is 9.11. The number of aromatic nitrogens is 1. The molecule has 1 aliphatic carbocycles. The smallest absolute Gasteiger partial charge is 0.251 e. The lowest BCUT2D eigenvalue weighted by Gasteiger charge is -2.37. The zero-order valence-electron chi connectivity index (χ0n) is 23.2. The van der Waals surface area contributed by atoms with E-state index < -0.39 is 17.6 Å². The molecule has 2 aliphatic rings. The van der Waals surface area contributed by atoms with E-state index in [9.17, 15) is 14.9 Å². The van der Waals surface area contributed by atoms with Crippen molar-refractivity contribution in [3.63, 3.8) is 0 Å². The molecule has 2 heterocycles. The number of carbonyl (C=O) groups excluding carboxylic acids is 2. The number of hydrogen-bond donors (Lipinski definition) is 2. The van der Waals surface area contributed by atoms with Gasteiger partial charge in [0.15, 0.2) is 6.19 Å². The highest BCUT2D eigenvalue weighted by Gasteiger charge is 2.41. The quantitative estimate of drug-likeness (QED) is 0.488. The lowest BCUT2D eigenvalue weighted by molar-refractivity contribution is -0.129. The maximum Gasteiger partial charge on any atom is 0.251 e. The summed E-state index contributed by atoms with van der Waals surface area (Å²) in [5, 5.41) is 16.4. The van der Waals surface area contributed by atoms with E-state index in [2.05, 4.69) is 42.6 Å². The third kappa shape index (κ3) is 6.51. The predicted octanol–water partition coefficient (Wildman–Crippen LogP) is 4.05. The van der Waals surface area contributed by atoms with Crippen molar-refractivity contribution in [2.75, 3.05) is 18.0 Å². The molecule has 1 aromatic heterocycles. The number of nitriles is 1. The SMILES string of the molecule is CC(C)(CNC1CC1)NC(=O)C(c1cccnc1)N(C(=O)C1CCCN1C#N)c1ccc(C(C)(C)C)cc1. The highest BCUT2D eigenvalue weighted by molar-refractivity contribution is 6.04. The van der Waals surface area contributed by atoms with Crippen LogP contribution >= 0.6 is 0 Å². The number of pyridine rings is 1. The van der Waals surface area contributed by atoms with Crippen LogP contribution in [-0.2, 0) is 15.0 Å². The molecule has 1 saturated carbocycles. The molecule has 1 aliphatic heterocycles. The molecule has 2 atom stereocenters. The average Bonchev–Trinajstić information content (AvgIpc) is 3.59. The van der Waals surface area contributed by atoms with Gasteiger partial charge < -0.3 is 10.6 Å². The third-order valence-corrected chi connectivity index (χ3v) is 7.29. The summed E-state index contributed by atoms with van der Waals surface area (Å²) >= 11 is 0. The van der Waals surface area contributed by atoms with Crippen LogP contribution in [0, 0.1) is 11.5 Å². The number of likely N-dealkylation sites (tertiary alicyclic amines) is 1. The maximum absolute atomic E-state index is 14.2. The number of hydrogen-bond acceptors (Lipinski definition) is 6. The number of amides is 2. The van der Waals surface area contributed by atoms with Crippen LogP contribution in [0.3, 0.4) is 0 Å². The summed E-state index contributed by atoms with van der Waals surface area (Å²) in [7, 11) is 0. The van der Waals surface area contributed by atoms with Crippen molar-refractivity contribution >= 4 is 17.5 Å². The second kappa shape index (κ2) is 11.1.